The zero-order valence-electron chi connectivity index (χ0n) is 9.78. The number of hydrogen-bond acceptors (Lipinski definition) is 5. The van der Waals surface area contributed by atoms with Crippen LogP contribution in [-0.2, 0) is 14.4 Å². The van der Waals surface area contributed by atoms with E-state index in [9.17, 15) is 14.4 Å². The molecule has 2 aromatic heterocycles. The van der Waals surface area contributed by atoms with Crippen LogP contribution >= 0.6 is 0 Å². The Kier molecular flexibility index (Phi) is 2.52. The van der Waals surface area contributed by atoms with Gasteiger partial charge in [-0.3, -0.25) is 9.59 Å². The van der Waals surface area contributed by atoms with Crippen molar-refractivity contribution in [1.29, 1.82) is 0 Å². The van der Waals surface area contributed by atoms with Crippen molar-refractivity contribution < 1.29 is 19.2 Å². The summed E-state index contributed by atoms with van der Waals surface area (Å²) in [7, 11) is 0. The predicted octanol–water partition coefficient (Wildman–Crippen LogP) is 0.555. The number of imide groups is 1. The highest BCUT2D eigenvalue weighted by molar-refractivity contribution is 6.04. The number of fused-ring (bicyclic) bond motifs is 1. The fraction of sp³-hybridized carbons (Fsp3) is 0.167. The molecule has 2 aromatic rings. The van der Waals surface area contributed by atoms with E-state index in [0.717, 1.165) is 0 Å². The van der Waals surface area contributed by atoms with E-state index in [1.807, 2.05) is 0 Å². The van der Waals surface area contributed by atoms with Gasteiger partial charge in [-0.25, -0.2) is 9.31 Å². The van der Waals surface area contributed by atoms with Gasteiger partial charge in [0.25, 0.3) is 11.8 Å². The van der Waals surface area contributed by atoms with Gasteiger partial charge in [-0.15, -0.1) is 5.06 Å². The van der Waals surface area contributed by atoms with Crippen molar-refractivity contribution in [3.05, 3.63) is 36.2 Å². The van der Waals surface area contributed by atoms with Crippen molar-refractivity contribution in [2.24, 2.45) is 0 Å². The Morgan fingerprint density at radius 3 is 2.68 bits per heavy atom. The van der Waals surface area contributed by atoms with Crippen molar-refractivity contribution in [3.8, 4) is 0 Å². The molecule has 0 aromatic carbocycles. The number of nitrogens with zero attached hydrogens (tertiary/aromatic N) is 3. The number of hydrogen-bond donors (Lipinski definition) is 0. The highest BCUT2D eigenvalue weighted by Crippen LogP contribution is 2.16. The Hall–Kier alpha value is -2.70. The average molecular weight is 259 g/mol. The summed E-state index contributed by atoms with van der Waals surface area (Å²) in [5, 5.41) is 4.50. The topological polar surface area (TPSA) is 81.0 Å². The molecule has 0 N–H and O–H groups in total. The fourth-order valence-electron chi connectivity index (χ4n) is 1.88. The van der Waals surface area contributed by atoms with Crippen LogP contribution < -0.4 is 0 Å². The van der Waals surface area contributed by atoms with Crippen LogP contribution in [0.2, 0.25) is 0 Å². The van der Waals surface area contributed by atoms with Crippen molar-refractivity contribution >= 4 is 23.3 Å². The van der Waals surface area contributed by atoms with Gasteiger partial charge in [0.1, 0.15) is 5.56 Å². The molecule has 1 saturated heterocycles. The number of hydroxylamine groups is 2. The van der Waals surface area contributed by atoms with Gasteiger partial charge < -0.3 is 4.84 Å². The van der Waals surface area contributed by atoms with Crippen molar-refractivity contribution in [2.45, 2.75) is 12.8 Å². The lowest BCUT2D eigenvalue weighted by Crippen LogP contribution is -2.32. The predicted molar refractivity (Wildman–Crippen MR) is 61.7 cm³/mol. The molecule has 7 nitrogen and oxygen atoms in total. The van der Waals surface area contributed by atoms with E-state index < -0.39 is 17.8 Å². The van der Waals surface area contributed by atoms with Gasteiger partial charge in [-0.2, -0.15) is 5.10 Å². The molecule has 0 bridgehead atoms. The van der Waals surface area contributed by atoms with Crippen LogP contribution in [0.15, 0.2) is 30.6 Å². The molecule has 1 fully saturated rings. The maximum Gasteiger partial charge on any atom is 0.367 e. The molecule has 0 aliphatic carbocycles. The van der Waals surface area contributed by atoms with Crippen LogP contribution in [0, 0.1) is 0 Å². The van der Waals surface area contributed by atoms with Gasteiger partial charge in [-0.05, 0) is 12.1 Å². The molecular weight excluding hydrogens is 250 g/mol. The Morgan fingerprint density at radius 2 is 1.95 bits per heavy atom. The second kappa shape index (κ2) is 4.20. The van der Waals surface area contributed by atoms with E-state index in [0.29, 0.717) is 10.6 Å². The van der Waals surface area contributed by atoms with E-state index in [-0.39, 0.29) is 18.4 Å². The smallest absolute Gasteiger partial charge is 0.325 e. The maximum absolute atomic E-state index is 11.9. The van der Waals surface area contributed by atoms with Gasteiger partial charge in [0.15, 0.2) is 0 Å². The Balaban J connectivity index is 1.88. The van der Waals surface area contributed by atoms with Crippen LogP contribution in [0.5, 0.6) is 0 Å². The number of carbonyl (C=O) groups is 3. The molecule has 19 heavy (non-hydrogen) atoms. The third-order valence-corrected chi connectivity index (χ3v) is 2.83. The van der Waals surface area contributed by atoms with Crippen LogP contribution in [0.4, 0.5) is 0 Å². The Morgan fingerprint density at radius 1 is 1.21 bits per heavy atom. The van der Waals surface area contributed by atoms with Gasteiger partial charge in [0.2, 0.25) is 0 Å². The number of carbonyl (C=O) groups excluding carboxylic acids is 3. The molecule has 0 saturated carbocycles. The van der Waals surface area contributed by atoms with Crippen molar-refractivity contribution in [1.82, 2.24) is 14.7 Å². The number of amides is 2. The summed E-state index contributed by atoms with van der Waals surface area (Å²) in [5.41, 5.74) is 0.750. The number of rotatable bonds is 2. The summed E-state index contributed by atoms with van der Waals surface area (Å²) < 4.78 is 1.50. The molecule has 3 heterocycles. The normalized spacial score (nSPS) is 15.3. The number of aromatic nitrogens is 2. The first-order chi connectivity index (χ1) is 9.16. The molecule has 1 aliphatic rings. The first-order valence-corrected chi connectivity index (χ1v) is 5.67. The lowest BCUT2D eigenvalue weighted by molar-refractivity contribution is -0.172. The monoisotopic (exact) mass is 259 g/mol. The maximum atomic E-state index is 11.9. The summed E-state index contributed by atoms with van der Waals surface area (Å²) in [6.07, 6.45) is 3.16. The second-order valence-electron chi connectivity index (χ2n) is 4.05. The van der Waals surface area contributed by atoms with Gasteiger partial charge in [0, 0.05) is 19.0 Å². The van der Waals surface area contributed by atoms with E-state index in [4.69, 9.17) is 4.84 Å². The Bertz CT molecular complexity index is 675. The Labute approximate surface area is 107 Å². The number of pyridine rings is 1. The zero-order valence-corrected chi connectivity index (χ0v) is 9.78. The van der Waals surface area contributed by atoms with E-state index in [2.05, 4.69) is 5.10 Å². The summed E-state index contributed by atoms with van der Waals surface area (Å²) in [6, 6.07) is 5.21. The highest BCUT2D eigenvalue weighted by atomic mass is 16.7. The first-order valence-electron chi connectivity index (χ1n) is 5.67. The second-order valence-corrected chi connectivity index (χ2v) is 4.05. The molecule has 0 radical (unpaired) electrons. The van der Waals surface area contributed by atoms with Crippen molar-refractivity contribution in [3.63, 3.8) is 0 Å². The molecule has 96 valence electrons. The molecule has 0 atom stereocenters. The van der Waals surface area contributed by atoms with E-state index in [1.165, 1.54) is 10.7 Å². The standard InChI is InChI=1S/C12H9N3O4/c16-10-4-5-11(17)15(10)19-12(18)8-7-13-14-6-2-1-3-9(8)14/h1-3,6-7H,4-5H2. The van der Waals surface area contributed by atoms with Crippen LogP contribution in [0.25, 0.3) is 5.52 Å². The minimum absolute atomic E-state index is 0.0703. The van der Waals surface area contributed by atoms with Gasteiger partial charge >= 0.3 is 5.97 Å². The third-order valence-electron chi connectivity index (χ3n) is 2.83. The molecule has 7 heteroatoms. The van der Waals surface area contributed by atoms with Crippen LogP contribution in [0.3, 0.4) is 0 Å². The van der Waals surface area contributed by atoms with Gasteiger partial charge in [0.05, 0.1) is 11.7 Å². The quantitative estimate of drug-likeness (QED) is 0.736. The first kappa shape index (κ1) is 11.4. The summed E-state index contributed by atoms with van der Waals surface area (Å²) in [4.78, 5) is 39.5. The minimum Gasteiger partial charge on any atom is -0.325 e. The van der Waals surface area contributed by atoms with Crippen LogP contribution in [0.1, 0.15) is 23.2 Å². The molecule has 0 unspecified atom stereocenters. The molecule has 1 aliphatic heterocycles. The minimum atomic E-state index is -0.773. The lowest BCUT2D eigenvalue weighted by atomic mass is 10.3. The largest absolute Gasteiger partial charge is 0.367 e. The van der Waals surface area contributed by atoms with E-state index >= 15 is 0 Å². The lowest BCUT2D eigenvalue weighted by Gasteiger charge is -2.11. The SMILES string of the molecule is O=C(ON1C(=O)CCC1=O)c1cnn2ccccc12. The highest BCUT2D eigenvalue weighted by Gasteiger charge is 2.33. The molecule has 3 rings (SSSR count). The van der Waals surface area contributed by atoms with Crippen molar-refractivity contribution in [2.75, 3.05) is 0 Å². The molecule has 0 spiro atoms. The summed E-state index contributed by atoms with van der Waals surface area (Å²) >= 11 is 0. The van der Waals surface area contributed by atoms with Crippen LogP contribution in [-0.4, -0.2) is 32.5 Å². The average Bonchev–Trinajstić information content (AvgIpc) is 2.97. The summed E-state index contributed by atoms with van der Waals surface area (Å²) in [6.45, 7) is 0. The summed E-state index contributed by atoms with van der Waals surface area (Å²) in [5.74, 6) is -1.78. The van der Waals surface area contributed by atoms with Gasteiger partial charge in [-0.1, -0.05) is 6.07 Å². The fourth-order valence-corrected chi connectivity index (χ4v) is 1.88. The molecular formula is C12H9N3O4. The third kappa shape index (κ3) is 1.85. The zero-order chi connectivity index (χ0) is 13.4. The van der Waals surface area contributed by atoms with E-state index in [1.54, 1.807) is 24.4 Å². The molecule has 2 amide bonds.